The van der Waals surface area contributed by atoms with Crippen molar-refractivity contribution in [2.45, 2.75) is 13.0 Å². The van der Waals surface area contributed by atoms with E-state index in [9.17, 15) is 14.0 Å². The standard InChI is InChI=1S/C18H19BrFN3O2S/c1-12(21-17(24)15-6-7-16(19)26-15)18(25)23-10-8-22(9-11-23)14-5-3-2-4-13(14)20/h2-7,12H,8-11H2,1H3,(H,21,24). The fourth-order valence-corrected chi connectivity index (χ4v) is 4.20. The Labute approximate surface area is 163 Å². The highest BCUT2D eigenvalue weighted by atomic mass is 79.9. The topological polar surface area (TPSA) is 52.7 Å². The number of para-hydroxylation sites is 1. The van der Waals surface area contributed by atoms with Crippen molar-refractivity contribution in [3.63, 3.8) is 0 Å². The molecule has 0 aliphatic carbocycles. The molecule has 1 aliphatic heterocycles. The predicted molar refractivity (Wildman–Crippen MR) is 104 cm³/mol. The molecule has 1 aromatic carbocycles. The number of rotatable bonds is 4. The van der Waals surface area contributed by atoms with E-state index in [1.165, 1.54) is 17.4 Å². The molecule has 1 atom stereocenters. The molecule has 0 bridgehead atoms. The van der Waals surface area contributed by atoms with Gasteiger partial charge in [-0.15, -0.1) is 11.3 Å². The van der Waals surface area contributed by atoms with Crippen LogP contribution in [0.15, 0.2) is 40.2 Å². The highest BCUT2D eigenvalue weighted by Gasteiger charge is 2.27. The van der Waals surface area contributed by atoms with Crippen molar-refractivity contribution in [2.75, 3.05) is 31.1 Å². The van der Waals surface area contributed by atoms with Gasteiger partial charge < -0.3 is 15.1 Å². The zero-order chi connectivity index (χ0) is 18.7. The Kier molecular flexibility index (Phi) is 5.93. The Hall–Kier alpha value is -1.93. The van der Waals surface area contributed by atoms with E-state index in [0.29, 0.717) is 36.7 Å². The zero-order valence-electron chi connectivity index (χ0n) is 14.2. The molecule has 1 aliphatic rings. The van der Waals surface area contributed by atoms with Crippen molar-refractivity contribution in [1.29, 1.82) is 0 Å². The number of hydrogen-bond donors (Lipinski definition) is 1. The maximum atomic E-state index is 13.9. The van der Waals surface area contributed by atoms with Crippen LogP contribution in [0.1, 0.15) is 16.6 Å². The molecule has 0 spiro atoms. The summed E-state index contributed by atoms with van der Waals surface area (Å²) < 4.78 is 14.8. The number of piperazine rings is 1. The molecule has 1 fully saturated rings. The van der Waals surface area contributed by atoms with Crippen LogP contribution in [0.3, 0.4) is 0 Å². The first-order chi connectivity index (χ1) is 12.5. The molecule has 26 heavy (non-hydrogen) atoms. The Balaban J connectivity index is 1.54. The van der Waals surface area contributed by atoms with Gasteiger partial charge in [0, 0.05) is 26.2 Å². The van der Waals surface area contributed by atoms with E-state index >= 15 is 0 Å². The number of anilines is 1. The average Bonchev–Trinajstić information content (AvgIpc) is 3.08. The first-order valence-electron chi connectivity index (χ1n) is 8.30. The predicted octanol–water partition coefficient (Wildman–Crippen LogP) is 3.12. The number of nitrogens with zero attached hydrogens (tertiary/aromatic N) is 2. The third-order valence-electron chi connectivity index (χ3n) is 4.30. The summed E-state index contributed by atoms with van der Waals surface area (Å²) in [7, 11) is 0. The average molecular weight is 440 g/mol. The van der Waals surface area contributed by atoms with Gasteiger partial charge in [-0.3, -0.25) is 9.59 Å². The molecule has 0 saturated carbocycles. The number of carbonyl (C=O) groups is 2. The molecule has 3 rings (SSSR count). The van der Waals surface area contributed by atoms with Crippen LogP contribution in [0.5, 0.6) is 0 Å². The summed E-state index contributed by atoms with van der Waals surface area (Å²) in [6.45, 7) is 3.80. The summed E-state index contributed by atoms with van der Waals surface area (Å²) >= 11 is 4.64. The third-order valence-corrected chi connectivity index (χ3v) is 5.92. The number of benzene rings is 1. The van der Waals surface area contributed by atoms with Gasteiger partial charge in [0.15, 0.2) is 0 Å². The molecule has 0 radical (unpaired) electrons. The van der Waals surface area contributed by atoms with E-state index in [2.05, 4.69) is 21.2 Å². The number of halogens is 2. The molecule has 1 saturated heterocycles. The van der Waals surface area contributed by atoms with Gasteiger partial charge in [-0.05, 0) is 47.1 Å². The molecule has 1 unspecified atom stereocenters. The second-order valence-corrected chi connectivity index (χ2v) is 8.53. The molecular weight excluding hydrogens is 421 g/mol. The maximum Gasteiger partial charge on any atom is 0.262 e. The van der Waals surface area contributed by atoms with Gasteiger partial charge in [-0.2, -0.15) is 0 Å². The molecule has 2 amide bonds. The molecular formula is C18H19BrFN3O2S. The summed E-state index contributed by atoms with van der Waals surface area (Å²) in [5, 5.41) is 2.74. The van der Waals surface area contributed by atoms with Gasteiger partial charge in [-0.25, -0.2) is 4.39 Å². The quantitative estimate of drug-likeness (QED) is 0.795. The first-order valence-corrected chi connectivity index (χ1v) is 9.91. The molecule has 2 aromatic rings. The van der Waals surface area contributed by atoms with Crippen molar-refractivity contribution < 1.29 is 14.0 Å². The van der Waals surface area contributed by atoms with Gasteiger partial charge in [0.2, 0.25) is 5.91 Å². The lowest BCUT2D eigenvalue weighted by Crippen LogP contribution is -2.54. The van der Waals surface area contributed by atoms with E-state index in [0.717, 1.165) is 3.79 Å². The minimum atomic E-state index is -0.608. The van der Waals surface area contributed by atoms with Crippen molar-refractivity contribution in [1.82, 2.24) is 10.2 Å². The first kappa shape index (κ1) is 18.8. The van der Waals surface area contributed by atoms with Crippen LogP contribution in [0.25, 0.3) is 0 Å². The number of amides is 2. The third kappa shape index (κ3) is 4.24. The summed E-state index contributed by atoms with van der Waals surface area (Å²) in [5.41, 5.74) is 0.559. The van der Waals surface area contributed by atoms with Gasteiger partial charge >= 0.3 is 0 Å². The second kappa shape index (κ2) is 8.18. The molecule has 1 aromatic heterocycles. The number of nitrogens with one attached hydrogen (secondary N) is 1. The number of hydrogen-bond acceptors (Lipinski definition) is 4. The highest BCUT2D eigenvalue weighted by Crippen LogP contribution is 2.22. The molecule has 5 nitrogen and oxygen atoms in total. The van der Waals surface area contributed by atoms with Gasteiger partial charge in [-0.1, -0.05) is 12.1 Å². The molecule has 8 heteroatoms. The van der Waals surface area contributed by atoms with Crippen LogP contribution >= 0.6 is 27.3 Å². The van der Waals surface area contributed by atoms with Crippen molar-refractivity contribution in [3.05, 3.63) is 50.9 Å². The molecule has 138 valence electrons. The maximum absolute atomic E-state index is 13.9. The zero-order valence-corrected chi connectivity index (χ0v) is 16.6. The van der Waals surface area contributed by atoms with Crippen LogP contribution in [0.4, 0.5) is 10.1 Å². The SMILES string of the molecule is CC(NC(=O)c1ccc(Br)s1)C(=O)N1CCN(c2ccccc2F)CC1. The van der Waals surface area contributed by atoms with Crippen molar-refractivity contribution in [3.8, 4) is 0 Å². The normalized spacial score (nSPS) is 15.7. The van der Waals surface area contributed by atoms with Crippen LogP contribution in [-0.2, 0) is 4.79 Å². The van der Waals surface area contributed by atoms with Crippen LogP contribution in [-0.4, -0.2) is 48.9 Å². The Morgan fingerprint density at radius 1 is 1.15 bits per heavy atom. The number of carbonyl (C=O) groups excluding carboxylic acids is 2. The van der Waals surface area contributed by atoms with Gasteiger partial charge in [0.1, 0.15) is 11.9 Å². The minimum absolute atomic E-state index is 0.123. The second-order valence-electron chi connectivity index (χ2n) is 6.06. The Morgan fingerprint density at radius 2 is 1.85 bits per heavy atom. The van der Waals surface area contributed by atoms with E-state index in [4.69, 9.17) is 0 Å². The summed E-state index contributed by atoms with van der Waals surface area (Å²) in [6, 6.07) is 9.55. The summed E-state index contributed by atoms with van der Waals surface area (Å²) in [5.74, 6) is -0.635. The lowest BCUT2D eigenvalue weighted by atomic mass is 10.2. The lowest BCUT2D eigenvalue weighted by Gasteiger charge is -2.37. The molecule has 2 heterocycles. The van der Waals surface area contributed by atoms with E-state index in [1.807, 2.05) is 4.90 Å². The largest absolute Gasteiger partial charge is 0.366 e. The highest BCUT2D eigenvalue weighted by molar-refractivity contribution is 9.11. The minimum Gasteiger partial charge on any atom is -0.366 e. The van der Waals surface area contributed by atoms with Gasteiger partial charge in [0.05, 0.1) is 14.4 Å². The van der Waals surface area contributed by atoms with Gasteiger partial charge in [0.25, 0.3) is 5.91 Å². The van der Waals surface area contributed by atoms with Crippen LogP contribution in [0.2, 0.25) is 0 Å². The Morgan fingerprint density at radius 3 is 2.46 bits per heavy atom. The smallest absolute Gasteiger partial charge is 0.262 e. The summed E-state index contributed by atoms with van der Waals surface area (Å²) in [4.78, 5) is 29.0. The van der Waals surface area contributed by atoms with Crippen LogP contribution in [0, 0.1) is 5.82 Å². The fraction of sp³-hybridized carbons (Fsp3) is 0.333. The Bertz CT molecular complexity index is 805. The monoisotopic (exact) mass is 439 g/mol. The van der Waals surface area contributed by atoms with Crippen molar-refractivity contribution >= 4 is 44.8 Å². The van der Waals surface area contributed by atoms with E-state index < -0.39 is 6.04 Å². The lowest BCUT2D eigenvalue weighted by molar-refractivity contribution is -0.133. The van der Waals surface area contributed by atoms with Crippen LogP contribution < -0.4 is 10.2 Å². The fourth-order valence-electron chi connectivity index (χ4n) is 2.92. The molecule has 1 N–H and O–H groups in total. The summed E-state index contributed by atoms with van der Waals surface area (Å²) in [6.07, 6.45) is 0. The van der Waals surface area contributed by atoms with Crippen molar-refractivity contribution in [2.24, 2.45) is 0 Å². The van der Waals surface area contributed by atoms with E-state index in [-0.39, 0.29) is 17.6 Å². The number of thiophene rings is 1. The van der Waals surface area contributed by atoms with E-state index in [1.54, 1.807) is 42.2 Å².